The maximum absolute atomic E-state index is 12.0. The standard InChI is InChI=1S/C21H26N4O2.C10H17O/c1-14-5-6-19-16(10-14)4-3-8-24(19)21-18-11-23(15(2)26)9-7-20(18)25(22-21)17-12-27-13-17;1-7-6-8(7)9(2,3)10(4,5)11/h5-6,10,17H,3-4,7-9,11-13H2,1-2H3;6,11H,1-5H3. The normalized spacial score (nSPS) is 19.6. The summed E-state index contributed by atoms with van der Waals surface area (Å²) in [6, 6.07) is 7.04. The molecule has 205 valence electrons. The Bertz CT molecular complexity index is 1250. The number of rotatable bonds is 4. The van der Waals surface area contributed by atoms with E-state index in [9.17, 15) is 9.90 Å². The zero-order valence-corrected chi connectivity index (χ0v) is 24.1. The van der Waals surface area contributed by atoms with Crippen molar-refractivity contribution < 1.29 is 14.6 Å². The number of aryl methyl sites for hydroxylation is 2. The molecule has 1 N–H and O–H groups in total. The van der Waals surface area contributed by atoms with Gasteiger partial charge in [0.05, 0.1) is 31.4 Å². The Balaban J connectivity index is 0.000000226. The van der Waals surface area contributed by atoms with Gasteiger partial charge < -0.3 is 19.6 Å². The zero-order chi connectivity index (χ0) is 27.4. The van der Waals surface area contributed by atoms with E-state index in [-0.39, 0.29) is 11.3 Å². The lowest BCUT2D eigenvalue weighted by Crippen LogP contribution is -2.38. The van der Waals surface area contributed by atoms with Crippen molar-refractivity contribution in [3.63, 3.8) is 0 Å². The number of benzene rings is 1. The number of nitrogens with zero attached hydrogens (tertiary/aromatic N) is 4. The number of carbonyl (C=O) groups excluding carboxylic acids is 1. The van der Waals surface area contributed by atoms with Crippen molar-refractivity contribution in [2.24, 2.45) is 5.41 Å². The molecule has 3 aliphatic heterocycles. The SMILES string of the molecule is CC(=O)N1CCc2c(c(N3CCCc4cc(C)ccc43)nn2C2COC2)C1.C[C]1C=C1C(C)(C)C(C)(C)O. The van der Waals surface area contributed by atoms with Gasteiger partial charge in [-0.2, -0.15) is 5.10 Å². The molecule has 0 atom stereocenters. The monoisotopic (exact) mass is 519 g/mol. The van der Waals surface area contributed by atoms with Gasteiger partial charge >= 0.3 is 0 Å². The Labute approximate surface area is 227 Å². The lowest BCUT2D eigenvalue weighted by atomic mass is 9.74. The molecule has 7 nitrogen and oxygen atoms in total. The van der Waals surface area contributed by atoms with E-state index in [1.165, 1.54) is 39.6 Å². The van der Waals surface area contributed by atoms with Crippen LogP contribution >= 0.6 is 0 Å². The summed E-state index contributed by atoms with van der Waals surface area (Å²) >= 11 is 0. The van der Waals surface area contributed by atoms with E-state index in [2.05, 4.69) is 61.6 Å². The average Bonchev–Trinajstić information content (AvgIpc) is 3.46. The quantitative estimate of drug-likeness (QED) is 0.611. The summed E-state index contributed by atoms with van der Waals surface area (Å²) in [5, 5.41) is 14.9. The molecule has 1 fully saturated rings. The van der Waals surface area contributed by atoms with E-state index in [1.807, 2.05) is 18.7 Å². The number of allylic oxidation sites excluding steroid dienone is 1. The second-order valence-electron chi connectivity index (χ2n) is 12.4. The van der Waals surface area contributed by atoms with Gasteiger partial charge in [-0.05, 0) is 45.2 Å². The summed E-state index contributed by atoms with van der Waals surface area (Å²) in [5.74, 6) is 2.51. The van der Waals surface area contributed by atoms with Gasteiger partial charge in [-0.15, -0.1) is 0 Å². The Morgan fingerprint density at radius 1 is 1.11 bits per heavy atom. The van der Waals surface area contributed by atoms with Gasteiger partial charge in [-0.3, -0.25) is 9.48 Å². The van der Waals surface area contributed by atoms with Crippen LogP contribution in [0.25, 0.3) is 0 Å². The number of anilines is 2. The van der Waals surface area contributed by atoms with Crippen LogP contribution in [0.15, 0.2) is 29.8 Å². The summed E-state index contributed by atoms with van der Waals surface area (Å²) < 4.78 is 7.61. The van der Waals surface area contributed by atoms with Gasteiger partial charge in [-0.25, -0.2) is 0 Å². The minimum atomic E-state index is -0.628. The van der Waals surface area contributed by atoms with Gasteiger partial charge in [0.25, 0.3) is 0 Å². The van der Waals surface area contributed by atoms with Crippen molar-refractivity contribution in [2.45, 2.75) is 85.9 Å². The summed E-state index contributed by atoms with van der Waals surface area (Å²) in [6.07, 6.45) is 5.25. The topological polar surface area (TPSA) is 70.8 Å². The van der Waals surface area contributed by atoms with Crippen LogP contribution in [0.2, 0.25) is 0 Å². The maximum atomic E-state index is 12.0. The van der Waals surface area contributed by atoms with Crippen LogP contribution in [0.5, 0.6) is 0 Å². The van der Waals surface area contributed by atoms with E-state index in [4.69, 9.17) is 9.84 Å². The molecule has 0 bridgehead atoms. The van der Waals surface area contributed by atoms with Crippen LogP contribution in [-0.2, 0) is 28.9 Å². The van der Waals surface area contributed by atoms with Crippen molar-refractivity contribution in [1.82, 2.24) is 14.7 Å². The fraction of sp³-hybridized carbons (Fsp3) is 0.581. The van der Waals surface area contributed by atoms with Crippen LogP contribution in [0, 0.1) is 18.3 Å². The number of fused-ring (bicyclic) bond motifs is 2. The molecule has 1 aliphatic carbocycles. The lowest BCUT2D eigenvalue weighted by molar-refractivity contribution is -0.129. The Hall–Kier alpha value is -2.64. The van der Waals surface area contributed by atoms with Crippen molar-refractivity contribution in [2.75, 3.05) is 31.2 Å². The molecule has 0 saturated carbocycles. The summed E-state index contributed by atoms with van der Waals surface area (Å²) in [5.41, 5.74) is 7.06. The predicted molar refractivity (Wildman–Crippen MR) is 150 cm³/mol. The van der Waals surface area contributed by atoms with Gasteiger partial charge in [0.1, 0.15) is 0 Å². The van der Waals surface area contributed by atoms with Gasteiger partial charge in [0, 0.05) is 54.7 Å². The molecule has 4 heterocycles. The number of hydrogen-bond acceptors (Lipinski definition) is 5. The van der Waals surface area contributed by atoms with Gasteiger partial charge in [-0.1, -0.05) is 50.1 Å². The molecular weight excluding hydrogens is 476 g/mol. The first-order chi connectivity index (χ1) is 17.9. The first kappa shape index (κ1) is 26.9. The van der Waals surface area contributed by atoms with E-state index in [0.29, 0.717) is 12.6 Å². The van der Waals surface area contributed by atoms with Crippen molar-refractivity contribution >= 4 is 17.4 Å². The highest BCUT2D eigenvalue weighted by Crippen LogP contribution is 2.50. The molecular formula is C31H43N4O3. The largest absolute Gasteiger partial charge is 0.390 e. The number of aromatic nitrogens is 2. The van der Waals surface area contributed by atoms with E-state index in [1.54, 1.807) is 6.92 Å². The molecule has 6 rings (SSSR count). The number of hydrogen-bond donors (Lipinski definition) is 1. The van der Waals surface area contributed by atoms with Crippen LogP contribution in [0.3, 0.4) is 0 Å². The Kier molecular flexibility index (Phi) is 6.97. The molecule has 0 spiro atoms. The van der Waals surface area contributed by atoms with Crippen molar-refractivity contribution in [3.8, 4) is 0 Å². The maximum Gasteiger partial charge on any atom is 0.219 e. The number of ether oxygens (including phenoxy) is 1. The molecule has 1 radical (unpaired) electrons. The summed E-state index contributed by atoms with van der Waals surface area (Å²) in [7, 11) is 0. The summed E-state index contributed by atoms with van der Waals surface area (Å²) in [4.78, 5) is 16.3. The Morgan fingerprint density at radius 3 is 2.37 bits per heavy atom. The predicted octanol–water partition coefficient (Wildman–Crippen LogP) is 5.07. The van der Waals surface area contributed by atoms with Crippen molar-refractivity contribution in [3.05, 3.63) is 58.2 Å². The number of amides is 1. The molecule has 1 saturated heterocycles. The second-order valence-corrected chi connectivity index (χ2v) is 12.4. The first-order valence-corrected chi connectivity index (χ1v) is 14.0. The molecule has 7 heteroatoms. The van der Waals surface area contributed by atoms with Crippen LogP contribution in [0.4, 0.5) is 11.5 Å². The number of carbonyl (C=O) groups is 1. The number of aliphatic hydroxyl groups is 1. The highest BCUT2D eigenvalue weighted by atomic mass is 16.5. The third kappa shape index (κ3) is 4.91. The van der Waals surface area contributed by atoms with Crippen molar-refractivity contribution in [1.29, 1.82) is 0 Å². The second kappa shape index (κ2) is 9.83. The van der Waals surface area contributed by atoms with Gasteiger partial charge in [0.2, 0.25) is 5.91 Å². The minimum Gasteiger partial charge on any atom is -0.390 e. The molecule has 1 aromatic carbocycles. The van der Waals surface area contributed by atoms with Crippen LogP contribution < -0.4 is 4.90 Å². The Morgan fingerprint density at radius 2 is 1.82 bits per heavy atom. The fourth-order valence-corrected chi connectivity index (χ4v) is 5.71. The van der Waals surface area contributed by atoms with E-state index in [0.717, 1.165) is 51.4 Å². The fourth-order valence-electron chi connectivity index (χ4n) is 5.71. The average molecular weight is 520 g/mol. The molecule has 2 aromatic rings. The van der Waals surface area contributed by atoms with Gasteiger partial charge in [0.15, 0.2) is 5.82 Å². The summed E-state index contributed by atoms with van der Waals surface area (Å²) in [6.45, 7) is 17.7. The minimum absolute atomic E-state index is 0.100. The zero-order valence-electron chi connectivity index (χ0n) is 24.1. The highest BCUT2D eigenvalue weighted by molar-refractivity contribution is 5.75. The highest BCUT2D eigenvalue weighted by Gasteiger charge is 2.44. The first-order valence-electron chi connectivity index (χ1n) is 14.0. The van der Waals surface area contributed by atoms with Crippen LogP contribution in [0.1, 0.15) is 76.4 Å². The third-order valence-electron chi connectivity index (χ3n) is 8.99. The molecule has 0 unspecified atom stereocenters. The lowest BCUT2D eigenvalue weighted by Gasteiger charge is -2.36. The molecule has 1 amide bonds. The van der Waals surface area contributed by atoms with E-state index >= 15 is 0 Å². The molecule has 1 aromatic heterocycles. The third-order valence-corrected chi connectivity index (χ3v) is 8.99. The van der Waals surface area contributed by atoms with Crippen LogP contribution in [-0.4, -0.2) is 57.6 Å². The van der Waals surface area contributed by atoms with E-state index < -0.39 is 5.60 Å². The molecule has 4 aliphatic rings. The smallest absolute Gasteiger partial charge is 0.219 e. The molecule has 38 heavy (non-hydrogen) atoms.